The van der Waals surface area contributed by atoms with E-state index in [0.29, 0.717) is 17.3 Å². The largest absolute Gasteiger partial charge is 0.334 e. The van der Waals surface area contributed by atoms with E-state index in [-0.39, 0.29) is 5.91 Å². The van der Waals surface area contributed by atoms with E-state index in [1.165, 1.54) is 0 Å². The quantitative estimate of drug-likeness (QED) is 0.427. The third-order valence-electron chi connectivity index (χ3n) is 4.60. The lowest BCUT2D eigenvalue weighted by Gasteiger charge is -2.17. The fourth-order valence-electron chi connectivity index (χ4n) is 3.11. The van der Waals surface area contributed by atoms with Gasteiger partial charge in [-0.05, 0) is 47.9 Å². The van der Waals surface area contributed by atoms with E-state index in [2.05, 4.69) is 10.1 Å². The molecule has 3 heterocycles. The van der Waals surface area contributed by atoms with Gasteiger partial charge in [-0.15, -0.1) is 11.3 Å². The van der Waals surface area contributed by atoms with Gasteiger partial charge in [0.2, 0.25) is 5.82 Å². The van der Waals surface area contributed by atoms with Gasteiger partial charge in [-0.3, -0.25) is 4.79 Å². The van der Waals surface area contributed by atoms with Gasteiger partial charge in [0.1, 0.15) is 0 Å². The monoisotopic (exact) mass is 417 g/mol. The third-order valence-corrected chi connectivity index (χ3v) is 6.56. The van der Waals surface area contributed by atoms with Crippen molar-refractivity contribution in [3.63, 3.8) is 0 Å². The van der Waals surface area contributed by atoms with Crippen molar-refractivity contribution in [2.75, 3.05) is 11.9 Å². The fraction of sp³-hybridized carbons (Fsp3) is 0.0455. The first kappa shape index (κ1) is 17.9. The molecule has 2 aromatic heterocycles. The summed E-state index contributed by atoms with van der Waals surface area (Å²) in [5.41, 5.74) is 2.41. The van der Waals surface area contributed by atoms with Crippen LogP contribution < -0.4 is 4.90 Å². The molecule has 2 aromatic carbocycles. The first-order chi connectivity index (χ1) is 14.2. The standard InChI is InChI=1S/C22H15N3O2S2/c1-25-17-10-8-14(13-19(17)29-18-7-3-2-6-16(18)22(25)26)21-23-20(27-24-21)11-9-15-5-4-12-28-15/h2-13H,1H3/b11-9+. The maximum atomic E-state index is 12.8. The zero-order valence-electron chi connectivity index (χ0n) is 15.4. The summed E-state index contributed by atoms with van der Waals surface area (Å²) in [7, 11) is 1.80. The van der Waals surface area contributed by atoms with Crippen molar-refractivity contribution >= 4 is 46.8 Å². The average molecular weight is 418 g/mol. The number of carbonyl (C=O) groups excluding carboxylic acids is 1. The van der Waals surface area contributed by atoms with Crippen LogP contribution in [0.4, 0.5) is 5.69 Å². The lowest BCUT2D eigenvalue weighted by atomic mass is 10.1. The zero-order valence-corrected chi connectivity index (χ0v) is 17.0. The smallest absolute Gasteiger partial charge is 0.259 e. The number of amides is 1. The molecule has 142 valence electrons. The van der Waals surface area contributed by atoms with E-state index in [0.717, 1.165) is 25.9 Å². The van der Waals surface area contributed by atoms with Crippen molar-refractivity contribution in [3.05, 3.63) is 76.3 Å². The van der Waals surface area contributed by atoms with Gasteiger partial charge < -0.3 is 9.42 Å². The molecule has 0 saturated heterocycles. The molecule has 1 aliphatic rings. The molecular formula is C22H15N3O2S2. The number of nitrogens with zero attached hydrogens (tertiary/aromatic N) is 3. The Labute approximate surface area is 175 Å². The molecule has 0 spiro atoms. The molecule has 0 radical (unpaired) electrons. The normalized spacial score (nSPS) is 13.4. The Morgan fingerprint density at radius 3 is 2.79 bits per heavy atom. The maximum absolute atomic E-state index is 12.8. The SMILES string of the molecule is CN1C(=O)c2ccccc2Sc2cc(-c3noc(/C=C/c4cccs4)n3)ccc21. The number of thiophene rings is 1. The maximum Gasteiger partial charge on any atom is 0.259 e. The van der Waals surface area contributed by atoms with E-state index in [4.69, 9.17) is 4.52 Å². The summed E-state index contributed by atoms with van der Waals surface area (Å²) in [6.07, 6.45) is 3.76. The van der Waals surface area contributed by atoms with Crippen LogP contribution in [0, 0.1) is 0 Å². The minimum absolute atomic E-state index is 0.0137. The number of aromatic nitrogens is 2. The molecule has 1 amide bonds. The van der Waals surface area contributed by atoms with Crippen molar-refractivity contribution in [2.24, 2.45) is 0 Å². The number of hydrogen-bond donors (Lipinski definition) is 0. The average Bonchev–Trinajstić information content (AvgIpc) is 3.42. The fourth-order valence-corrected chi connectivity index (χ4v) is 4.87. The van der Waals surface area contributed by atoms with Crippen LogP contribution in [-0.2, 0) is 0 Å². The number of benzene rings is 2. The highest BCUT2D eigenvalue weighted by atomic mass is 32.2. The molecule has 0 unspecified atom stereocenters. The van der Waals surface area contributed by atoms with Crippen molar-refractivity contribution in [1.29, 1.82) is 0 Å². The van der Waals surface area contributed by atoms with E-state index in [1.54, 1.807) is 35.0 Å². The second-order valence-electron chi connectivity index (χ2n) is 6.45. The highest BCUT2D eigenvalue weighted by Gasteiger charge is 2.25. The lowest BCUT2D eigenvalue weighted by molar-refractivity contribution is 0.0990. The lowest BCUT2D eigenvalue weighted by Crippen LogP contribution is -2.25. The number of rotatable bonds is 3. The van der Waals surface area contributed by atoms with Crippen LogP contribution in [0.2, 0.25) is 0 Å². The highest BCUT2D eigenvalue weighted by Crippen LogP contribution is 2.42. The van der Waals surface area contributed by atoms with Gasteiger partial charge in [-0.2, -0.15) is 4.98 Å². The summed E-state index contributed by atoms with van der Waals surface area (Å²) >= 11 is 3.22. The molecule has 0 N–H and O–H groups in total. The zero-order chi connectivity index (χ0) is 19.8. The second-order valence-corrected chi connectivity index (χ2v) is 8.51. The molecule has 29 heavy (non-hydrogen) atoms. The van der Waals surface area contributed by atoms with Crippen LogP contribution in [-0.4, -0.2) is 23.1 Å². The van der Waals surface area contributed by atoms with Crippen molar-refractivity contribution < 1.29 is 9.32 Å². The van der Waals surface area contributed by atoms with Crippen LogP contribution in [0.5, 0.6) is 0 Å². The van der Waals surface area contributed by atoms with Crippen molar-refractivity contribution in [2.45, 2.75) is 9.79 Å². The van der Waals surface area contributed by atoms with Crippen molar-refractivity contribution in [3.8, 4) is 11.4 Å². The Kier molecular flexibility index (Phi) is 4.54. The molecule has 0 fully saturated rings. The topological polar surface area (TPSA) is 59.2 Å². The Hall–Kier alpha value is -3.16. The van der Waals surface area contributed by atoms with Gasteiger partial charge in [-0.25, -0.2) is 0 Å². The molecule has 0 atom stereocenters. The first-order valence-electron chi connectivity index (χ1n) is 8.94. The van der Waals surface area contributed by atoms with Gasteiger partial charge >= 0.3 is 0 Å². The predicted molar refractivity (Wildman–Crippen MR) is 116 cm³/mol. The minimum atomic E-state index is -0.0137. The highest BCUT2D eigenvalue weighted by molar-refractivity contribution is 7.99. The molecular weight excluding hydrogens is 402 g/mol. The molecule has 0 saturated carbocycles. The summed E-state index contributed by atoms with van der Waals surface area (Å²) in [5, 5.41) is 6.13. The van der Waals surface area contributed by atoms with Gasteiger partial charge in [0.05, 0.1) is 11.3 Å². The van der Waals surface area contributed by atoms with Gasteiger partial charge in [0.25, 0.3) is 11.8 Å². The van der Waals surface area contributed by atoms with Crippen LogP contribution >= 0.6 is 23.1 Å². The number of fused-ring (bicyclic) bond motifs is 2. The van der Waals surface area contributed by atoms with Crippen LogP contribution in [0.25, 0.3) is 23.5 Å². The first-order valence-corrected chi connectivity index (χ1v) is 10.6. The predicted octanol–water partition coefficient (Wildman–Crippen LogP) is 5.71. The second kappa shape index (κ2) is 7.35. The van der Waals surface area contributed by atoms with Crippen LogP contribution in [0.15, 0.2) is 74.3 Å². The Balaban J connectivity index is 1.49. The van der Waals surface area contributed by atoms with Crippen molar-refractivity contribution in [1.82, 2.24) is 10.1 Å². The molecule has 5 rings (SSSR count). The molecule has 0 aliphatic carbocycles. The summed E-state index contributed by atoms with van der Waals surface area (Å²) < 4.78 is 5.37. The third kappa shape index (κ3) is 3.39. The Morgan fingerprint density at radius 1 is 1.03 bits per heavy atom. The Bertz CT molecular complexity index is 1230. The van der Waals surface area contributed by atoms with E-state index in [9.17, 15) is 4.79 Å². The summed E-state index contributed by atoms with van der Waals surface area (Å²) in [5.74, 6) is 0.958. The molecule has 5 nitrogen and oxygen atoms in total. The molecule has 1 aliphatic heterocycles. The van der Waals surface area contributed by atoms with E-state index in [1.807, 2.05) is 72.1 Å². The van der Waals surface area contributed by atoms with Gasteiger partial charge in [0, 0.05) is 33.4 Å². The van der Waals surface area contributed by atoms with Crippen LogP contribution in [0.3, 0.4) is 0 Å². The number of carbonyl (C=O) groups is 1. The Morgan fingerprint density at radius 2 is 1.93 bits per heavy atom. The molecule has 7 heteroatoms. The van der Waals surface area contributed by atoms with Gasteiger partial charge in [0.15, 0.2) is 0 Å². The van der Waals surface area contributed by atoms with Crippen LogP contribution in [0.1, 0.15) is 21.1 Å². The summed E-state index contributed by atoms with van der Waals surface area (Å²) in [4.78, 5) is 22.0. The van der Waals surface area contributed by atoms with Gasteiger partial charge in [-0.1, -0.05) is 35.1 Å². The summed E-state index contributed by atoms with van der Waals surface area (Å²) in [6, 6.07) is 17.5. The van der Waals surface area contributed by atoms with E-state index < -0.39 is 0 Å². The number of hydrogen-bond acceptors (Lipinski definition) is 6. The molecule has 0 bridgehead atoms. The van der Waals surface area contributed by atoms with E-state index >= 15 is 0 Å². The summed E-state index contributed by atoms with van der Waals surface area (Å²) in [6.45, 7) is 0. The minimum Gasteiger partial charge on any atom is -0.334 e. The molecule has 4 aromatic rings. The number of anilines is 1.